The highest BCUT2D eigenvalue weighted by Gasteiger charge is 2.24. The van der Waals surface area contributed by atoms with Gasteiger partial charge in [0, 0.05) is 25.7 Å². The standard InChI is InChI=1S/C24H26N2O4/c1-16-12-17(2)23-19(13-16)21(27)14-22(30-23)24(28)25-15-20(18-6-4-3-5-7-18)26-8-10-29-11-9-26/h3-7,12-14,20H,8-11,15H2,1-2H3,(H,25,28). The fourth-order valence-electron chi connectivity index (χ4n) is 4.02. The molecule has 1 aromatic heterocycles. The van der Waals surface area contributed by atoms with Crippen LogP contribution < -0.4 is 10.7 Å². The predicted molar refractivity (Wildman–Crippen MR) is 116 cm³/mol. The highest BCUT2D eigenvalue weighted by molar-refractivity contribution is 5.93. The second-order valence-electron chi connectivity index (χ2n) is 7.72. The topological polar surface area (TPSA) is 71.8 Å². The molecule has 156 valence electrons. The van der Waals surface area contributed by atoms with E-state index in [9.17, 15) is 9.59 Å². The largest absolute Gasteiger partial charge is 0.450 e. The van der Waals surface area contributed by atoms with E-state index in [0.717, 1.165) is 29.8 Å². The molecule has 3 aromatic rings. The van der Waals surface area contributed by atoms with Crippen LogP contribution in [0, 0.1) is 13.8 Å². The summed E-state index contributed by atoms with van der Waals surface area (Å²) in [6, 6.07) is 15.1. The Labute approximate surface area is 175 Å². The molecule has 0 saturated carbocycles. The van der Waals surface area contributed by atoms with E-state index < -0.39 is 0 Å². The van der Waals surface area contributed by atoms with E-state index in [1.54, 1.807) is 6.07 Å². The molecule has 30 heavy (non-hydrogen) atoms. The van der Waals surface area contributed by atoms with Gasteiger partial charge in [0.25, 0.3) is 5.91 Å². The number of morpholine rings is 1. The summed E-state index contributed by atoms with van der Waals surface area (Å²) in [6.07, 6.45) is 0. The molecule has 6 heteroatoms. The lowest BCUT2D eigenvalue weighted by Crippen LogP contribution is -2.43. The highest BCUT2D eigenvalue weighted by Crippen LogP contribution is 2.22. The number of hydrogen-bond acceptors (Lipinski definition) is 5. The van der Waals surface area contributed by atoms with Crippen LogP contribution in [-0.4, -0.2) is 43.7 Å². The molecule has 2 heterocycles. The molecule has 1 unspecified atom stereocenters. The first kappa shape index (κ1) is 20.3. The molecule has 4 rings (SSSR count). The molecule has 0 bridgehead atoms. The third-order valence-electron chi connectivity index (χ3n) is 5.51. The maximum atomic E-state index is 12.9. The number of carbonyl (C=O) groups is 1. The van der Waals surface area contributed by atoms with Crippen molar-refractivity contribution >= 4 is 16.9 Å². The third kappa shape index (κ3) is 4.30. The van der Waals surface area contributed by atoms with E-state index in [4.69, 9.17) is 9.15 Å². The maximum Gasteiger partial charge on any atom is 0.287 e. The zero-order valence-electron chi connectivity index (χ0n) is 17.3. The number of ether oxygens (including phenoxy) is 1. The van der Waals surface area contributed by atoms with E-state index in [1.807, 2.05) is 38.1 Å². The molecule has 0 radical (unpaired) electrons. The predicted octanol–water partition coefficient (Wildman–Crippen LogP) is 3.21. The van der Waals surface area contributed by atoms with Gasteiger partial charge in [-0.1, -0.05) is 36.4 Å². The Balaban J connectivity index is 1.57. The number of amides is 1. The van der Waals surface area contributed by atoms with Crippen LogP contribution >= 0.6 is 0 Å². The van der Waals surface area contributed by atoms with Crippen LogP contribution in [0.1, 0.15) is 33.3 Å². The Kier molecular flexibility index (Phi) is 5.97. The molecule has 1 aliphatic rings. The van der Waals surface area contributed by atoms with E-state index in [0.29, 0.717) is 30.7 Å². The fourth-order valence-corrected chi connectivity index (χ4v) is 4.02. The summed E-state index contributed by atoms with van der Waals surface area (Å²) < 4.78 is 11.3. The first-order valence-electron chi connectivity index (χ1n) is 10.2. The Bertz CT molecular complexity index is 1100. The Hall–Kier alpha value is -2.96. The van der Waals surface area contributed by atoms with Crippen LogP contribution in [0.2, 0.25) is 0 Å². The van der Waals surface area contributed by atoms with Gasteiger partial charge in [-0.05, 0) is 36.6 Å². The van der Waals surface area contributed by atoms with Gasteiger partial charge in [-0.25, -0.2) is 0 Å². The van der Waals surface area contributed by atoms with Crippen molar-refractivity contribution in [1.29, 1.82) is 0 Å². The van der Waals surface area contributed by atoms with Gasteiger partial charge in [0.15, 0.2) is 11.2 Å². The Morgan fingerprint density at radius 1 is 1.10 bits per heavy atom. The number of hydrogen-bond donors (Lipinski definition) is 1. The second-order valence-corrected chi connectivity index (χ2v) is 7.72. The van der Waals surface area contributed by atoms with Gasteiger partial charge in [-0.3, -0.25) is 14.5 Å². The summed E-state index contributed by atoms with van der Waals surface area (Å²) in [6.45, 7) is 7.19. The van der Waals surface area contributed by atoms with Gasteiger partial charge >= 0.3 is 0 Å². The number of nitrogens with zero attached hydrogens (tertiary/aromatic N) is 1. The van der Waals surface area contributed by atoms with Gasteiger partial charge in [-0.15, -0.1) is 0 Å². The minimum atomic E-state index is -0.386. The zero-order valence-corrected chi connectivity index (χ0v) is 17.3. The van der Waals surface area contributed by atoms with Gasteiger partial charge in [0.05, 0.1) is 24.6 Å². The van der Waals surface area contributed by atoms with Gasteiger partial charge < -0.3 is 14.5 Å². The van der Waals surface area contributed by atoms with Crippen LogP contribution in [-0.2, 0) is 4.74 Å². The van der Waals surface area contributed by atoms with Crippen molar-refractivity contribution in [2.24, 2.45) is 0 Å². The normalized spacial score (nSPS) is 15.8. The number of nitrogens with one attached hydrogen (secondary N) is 1. The minimum Gasteiger partial charge on any atom is -0.450 e. The third-order valence-corrected chi connectivity index (χ3v) is 5.51. The number of benzene rings is 2. The van der Waals surface area contributed by atoms with Crippen LogP contribution in [0.4, 0.5) is 0 Å². The molecule has 1 N–H and O–H groups in total. The molecule has 0 aliphatic carbocycles. The van der Waals surface area contributed by atoms with Crippen molar-refractivity contribution in [3.05, 3.63) is 81.2 Å². The monoisotopic (exact) mass is 406 g/mol. The highest BCUT2D eigenvalue weighted by atomic mass is 16.5. The smallest absolute Gasteiger partial charge is 0.287 e. The molecule has 1 fully saturated rings. The number of aryl methyl sites for hydroxylation is 2. The van der Waals surface area contributed by atoms with Crippen molar-refractivity contribution in [3.63, 3.8) is 0 Å². The van der Waals surface area contributed by atoms with Gasteiger partial charge in [0.2, 0.25) is 0 Å². The van der Waals surface area contributed by atoms with E-state index in [1.165, 1.54) is 6.07 Å². The SMILES string of the molecule is Cc1cc(C)c2oc(C(=O)NCC(c3ccccc3)N3CCOCC3)cc(=O)c2c1. The molecule has 0 spiro atoms. The number of carbonyl (C=O) groups excluding carboxylic acids is 1. The van der Waals surface area contributed by atoms with E-state index in [-0.39, 0.29) is 23.1 Å². The molecular weight excluding hydrogens is 380 g/mol. The van der Waals surface area contributed by atoms with Crippen molar-refractivity contribution in [3.8, 4) is 0 Å². The molecule has 1 amide bonds. The summed E-state index contributed by atoms with van der Waals surface area (Å²) in [5.74, 6) is -0.351. The van der Waals surface area contributed by atoms with Crippen LogP contribution in [0.15, 0.2) is 57.7 Å². The molecule has 1 saturated heterocycles. The average molecular weight is 406 g/mol. The summed E-state index contributed by atoms with van der Waals surface area (Å²) in [4.78, 5) is 27.7. The maximum absolute atomic E-state index is 12.9. The summed E-state index contributed by atoms with van der Waals surface area (Å²) in [5.41, 5.74) is 3.21. The summed E-state index contributed by atoms with van der Waals surface area (Å²) in [7, 11) is 0. The number of fused-ring (bicyclic) bond motifs is 1. The van der Waals surface area contributed by atoms with E-state index >= 15 is 0 Å². The van der Waals surface area contributed by atoms with Crippen molar-refractivity contribution in [2.75, 3.05) is 32.8 Å². The molecule has 1 aliphatic heterocycles. The lowest BCUT2D eigenvalue weighted by molar-refractivity contribution is 0.0161. The zero-order chi connectivity index (χ0) is 21.1. The molecule has 1 atom stereocenters. The van der Waals surface area contributed by atoms with Gasteiger partial charge in [-0.2, -0.15) is 0 Å². The van der Waals surface area contributed by atoms with Crippen molar-refractivity contribution in [1.82, 2.24) is 10.2 Å². The van der Waals surface area contributed by atoms with Crippen molar-refractivity contribution < 1.29 is 13.9 Å². The van der Waals surface area contributed by atoms with E-state index in [2.05, 4.69) is 22.3 Å². The summed E-state index contributed by atoms with van der Waals surface area (Å²) >= 11 is 0. The first-order chi connectivity index (χ1) is 14.5. The Morgan fingerprint density at radius 2 is 1.83 bits per heavy atom. The summed E-state index contributed by atoms with van der Waals surface area (Å²) in [5, 5.41) is 3.46. The van der Waals surface area contributed by atoms with Crippen molar-refractivity contribution in [2.45, 2.75) is 19.9 Å². The average Bonchev–Trinajstić information content (AvgIpc) is 2.76. The molecular formula is C24H26N2O4. The Morgan fingerprint density at radius 3 is 2.57 bits per heavy atom. The van der Waals surface area contributed by atoms with Crippen LogP contribution in [0.5, 0.6) is 0 Å². The first-order valence-corrected chi connectivity index (χ1v) is 10.2. The molecule has 6 nitrogen and oxygen atoms in total. The minimum absolute atomic E-state index is 0.0237. The quantitative estimate of drug-likeness (QED) is 0.705. The van der Waals surface area contributed by atoms with Crippen LogP contribution in [0.25, 0.3) is 11.0 Å². The molecule has 2 aromatic carbocycles. The second kappa shape index (κ2) is 8.81. The fraction of sp³-hybridized carbons (Fsp3) is 0.333. The van der Waals surface area contributed by atoms with Crippen LogP contribution in [0.3, 0.4) is 0 Å². The van der Waals surface area contributed by atoms with Gasteiger partial charge in [0.1, 0.15) is 5.58 Å². The number of rotatable bonds is 5. The lowest BCUT2D eigenvalue weighted by Gasteiger charge is -2.34. The lowest BCUT2D eigenvalue weighted by atomic mass is 10.0.